The number of nitrogen functional groups attached to an aromatic ring is 1. The number of aryl methyl sites for hydroxylation is 1. The largest absolute Gasteiger partial charge is 0.396 e. The van der Waals surface area contributed by atoms with Gasteiger partial charge in [0.25, 0.3) is 0 Å². The van der Waals surface area contributed by atoms with Gasteiger partial charge >= 0.3 is 0 Å². The fraction of sp³-hybridized carbons (Fsp3) is 0.400. The molecule has 0 saturated carbocycles. The van der Waals surface area contributed by atoms with Crippen molar-refractivity contribution in [2.45, 2.75) is 39.7 Å². The lowest BCUT2D eigenvalue weighted by Crippen LogP contribution is -2.04. The molecule has 0 spiro atoms. The van der Waals surface area contributed by atoms with Crippen molar-refractivity contribution >= 4 is 5.69 Å². The Morgan fingerprint density at radius 3 is 2.44 bits per heavy atom. The molecule has 0 fully saturated rings. The molecule has 2 N–H and O–H groups in total. The molecule has 0 saturated heterocycles. The minimum atomic E-state index is 0.385. The van der Waals surface area contributed by atoms with Crippen molar-refractivity contribution < 1.29 is 0 Å². The van der Waals surface area contributed by atoms with Gasteiger partial charge in [0.2, 0.25) is 0 Å². The van der Waals surface area contributed by atoms with Crippen LogP contribution in [0.2, 0.25) is 0 Å². The second kappa shape index (κ2) is 5.25. The average Bonchev–Trinajstić information content (AvgIpc) is 2.80. The Kier molecular flexibility index (Phi) is 3.70. The van der Waals surface area contributed by atoms with Crippen LogP contribution in [0.15, 0.2) is 30.5 Å². The molecule has 0 bridgehead atoms. The number of hydrogen-bond acceptors (Lipinski definition) is 2. The van der Waals surface area contributed by atoms with Crippen molar-refractivity contribution in [2.75, 3.05) is 5.73 Å². The molecule has 2 aromatic rings. The van der Waals surface area contributed by atoms with E-state index in [-0.39, 0.29) is 0 Å². The Balaban J connectivity index is 2.34. The Morgan fingerprint density at radius 1 is 1.22 bits per heavy atom. The van der Waals surface area contributed by atoms with Crippen LogP contribution >= 0.6 is 0 Å². The van der Waals surface area contributed by atoms with E-state index in [0.29, 0.717) is 6.04 Å². The number of nitrogens with zero attached hydrogens (tertiary/aromatic N) is 2. The highest BCUT2D eigenvalue weighted by Crippen LogP contribution is 2.26. The number of hydrogen-bond donors (Lipinski definition) is 1. The molecule has 0 amide bonds. The number of anilines is 1. The lowest BCUT2D eigenvalue weighted by molar-refractivity contribution is 0.479. The Bertz CT molecular complexity index is 511. The van der Waals surface area contributed by atoms with Gasteiger partial charge in [0.05, 0.1) is 5.69 Å². The molecular weight excluding hydrogens is 222 g/mol. The van der Waals surface area contributed by atoms with Gasteiger partial charge in [-0.1, -0.05) is 38.1 Å². The van der Waals surface area contributed by atoms with E-state index in [0.717, 1.165) is 29.8 Å². The summed E-state index contributed by atoms with van der Waals surface area (Å²) in [6.07, 6.45) is 4.03. The maximum Gasteiger partial charge on any atom is 0.115 e. The first-order valence-electron chi connectivity index (χ1n) is 6.59. The molecule has 18 heavy (non-hydrogen) atoms. The molecular formula is C15H21N3. The van der Waals surface area contributed by atoms with E-state index in [1.807, 2.05) is 10.9 Å². The molecule has 1 heterocycles. The highest BCUT2D eigenvalue weighted by molar-refractivity contribution is 5.72. The summed E-state index contributed by atoms with van der Waals surface area (Å²) in [5.41, 5.74) is 10.1. The summed E-state index contributed by atoms with van der Waals surface area (Å²) in [6, 6.07) is 8.85. The highest BCUT2D eigenvalue weighted by atomic mass is 15.3. The first kappa shape index (κ1) is 12.7. The van der Waals surface area contributed by atoms with Gasteiger partial charge in [-0.15, -0.1) is 0 Å². The standard InChI is InChI=1S/C15H21N3/c1-4-11(3)18-10-14(16)15(17-18)13-8-6-12(5-2)7-9-13/h6-11H,4-5,16H2,1-3H3. The van der Waals surface area contributed by atoms with Crippen molar-refractivity contribution in [2.24, 2.45) is 0 Å². The molecule has 2 rings (SSSR count). The van der Waals surface area contributed by atoms with E-state index < -0.39 is 0 Å². The van der Waals surface area contributed by atoms with E-state index in [4.69, 9.17) is 5.73 Å². The van der Waals surface area contributed by atoms with Gasteiger partial charge in [0.15, 0.2) is 0 Å². The third kappa shape index (κ3) is 2.40. The second-order valence-corrected chi connectivity index (χ2v) is 4.72. The summed E-state index contributed by atoms with van der Waals surface area (Å²) < 4.78 is 1.96. The molecule has 0 aliphatic carbocycles. The summed E-state index contributed by atoms with van der Waals surface area (Å²) in [5.74, 6) is 0. The number of rotatable bonds is 4. The van der Waals surface area contributed by atoms with E-state index in [1.54, 1.807) is 0 Å². The Hall–Kier alpha value is -1.77. The summed E-state index contributed by atoms with van der Waals surface area (Å²) in [4.78, 5) is 0. The van der Waals surface area contributed by atoms with E-state index in [1.165, 1.54) is 5.56 Å². The number of aromatic nitrogens is 2. The zero-order valence-corrected chi connectivity index (χ0v) is 11.4. The maximum atomic E-state index is 6.05. The van der Waals surface area contributed by atoms with Crippen LogP contribution in [0.25, 0.3) is 11.3 Å². The third-order valence-electron chi connectivity index (χ3n) is 3.44. The van der Waals surface area contributed by atoms with Gasteiger partial charge in [-0.3, -0.25) is 4.68 Å². The SMILES string of the molecule is CCc1ccc(-c2nn(C(C)CC)cc2N)cc1. The lowest BCUT2D eigenvalue weighted by Gasteiger charge is -2.07. The average molecular weight is 243 g/mol. The summed E-state index contributed by atoms with van der Waals surface area (Å²) in [6.45, 7) is 6.45. The molecule has 96 valence electrons. The van der Waals surface area contributed by atoms with Crippen LogP contribution in [0.5, 0.6) is 0 Å². The normalized spacial score (nSPS) is 12.6. The summed E-state index contributed by atoms with van der Waals surface area (Å²) in [5, 5.41) is 4.60. The molecule has 0 aliphatic heterocycles. The predicted molar refractivity (Wildman–Crippen MR) is 76.5 cm³/mol. The second-order valence-electron chi connectivity index (χ2n) is 4.72. The van der Waals surface area contributed by atoms with Crippen LogP contribution < -0.4 is 5.73 Å². The van der Waals surface area contributed by atoms with Crippen LogP contribution in [0, 0.1) is 0 Å². The van der Waals surface area contributed by atoms with Gasteiger partial charge in [-0.05, 0) is 25.3 Å². The fourth-order valence-electron chi connectivity index (χ4n) is 1.94. The summed E-state index contributed by atoms with van der Waals surface area (Å²) in [7, 11) is 0. The van der Waals surface area contributed by atoms with Crippen molar-refractivity contribution in [1.29, 1.82) is 0 Å². The van der Waals surface area contributed by atoms with Crippen LogP contribution in [-0.2, 0) is 6.42 Å². The minimum Gasteiger partial charge on any atom is -0.396 e. The van der Waals surface area contributed by atoms with E-state index >= 15 is 0 Å². The van der Waals surface area contributed by atoms with E-state index in [2.05, 4.69) is 50.1 Å². The number of benzene rings is 1. The van der Waals surface area contributed by atoms with Gasteiger partial charge in [0, 0.05) is 17.8 Å². The smallest absolute Gasteiger partial charge is 0.115 e. The third-order valence-corrected chi connectivity index (χ3v) is 3.44. The highest BCUT2D eigenvalue weighted by Gasteiger charge is 2.11. The number of nitrogens with two attached hydrogens (primary N) is 1. The Morgan fingerprint density at radius 2 is 1.89 bits per heavy atom. The fourth-order valence-corrected chi connectivity index (χ4v) is 1.94. The van der Waals surface area contributed by atoms with Gasteiger partial charge in [-0.2, -0.15) is 5.10 Å². The molecule has 1 aromatic heterocycles. The van der Waals surface area contributed by atoms with Crippen LogP contribution in [-0.4, -0.2) is 9.78 Å². The van der Waals surface area contributed by atoms with Crippen LogP contribution in [0.1, 0.15) is 38.8 Å². The van der Waals surface area contributed by atoms with Crippen molar-refractivity contribution in [3.63, 3.8) is 0 Å². The molecule has 3 nitrogen and oxygen atoms in total. The maximum absolute atomic E-state index is 6.05. The van der Waals surface area contributed by atoms with Gasteiger partial charge in [0.1, 0.15) is 5.69 Å². The van der Waals surface area contributed by atoms with Crippen LogP contribution in [0.3, 0.4) is 0 Å². The topological polar surface area (TPSA) is 43.8 Å². The van der Waals surface area contributed by atoms with Crippen LogP contribution in [0.4, 0.5) is 5.69 Å². The van der Waals surface area contributed by atoms with Crippen molar-refractivity contribution in [3.05, 3.63) is 36.0 Å². The van der Waals surface area contributed by atoms with Crippen molar-refractivity contribution in [3.8, 4) is 11.3 Å². The zero-order valence-electron chi connectivity index (χ0n) is 11.4. The zero-order chi connectivity index (χ0) is 13.1. The molecule has 1 atom stereocenters. The van der Waals surface area contributed by atoms with Crippen molar-refractivity contribution in [1.82, 2.24) is 9.78 Å². The molecule has 1 unspecified atom stereocenters. The predicted octanol–water partition coefficient (Wildman–Crippen LogP) is 3.67. The molecule has 0 radical (unpaired) electrons. The monoisotopic (exact) mass is 243 g/mol. The molecule has 3 heteroatoms. The van der Waals surface area contributed by atoms with Gasteiger partial charge < -0.3 is 5.73 Å². The first-order valence-corrected chi connectivity index (χ1v) is 6.59. The minimum absolute atomic E-state index is 0.385. The Labute approximate surface area is 109 Å². The summed E-state index contributed by atoms with van der Waals surface area (Å²) >= 11 is 0. The van der Waals surface area contributed by atoms with E-state index in [9.17, 15) is 0 Å². The van der Waals surface area contributed by atoms with Gasteiger partial charge in [-0.25, -0.2) is 0 Å². The first-order chi connectivity index (χ1) is 8.65. The molecule has 0 aliphatic rings. The quantitative estimate of drug-likeness (QED) is 0.890. The lowest BCUT2D eigenvalue weighted by atomic mass is 10.1. The molecule has 1 aromatic carbocycles.